The van der Waals surface area contributed by atoms with E-state index >= 15 is 0 Å². The molecule has 2 aromatic rings. The number of halogens is 1. The maximum absolute atomic E-state index is 13.2. The molecule has 0 saturated carbocycles. The van der Waals surface area contributed by atoms with E-state index in [-0.39, 0.29) is 41.7 Å². The van der Waals surface area contributed by atoms with Crippen LogP contribution >= 0.6 is 0 Å². The van der Waals surface area contributed by atoms with Gasteiger partial charge in [-0.25, -0.2) is 4.39 Å². The lowest BCUT2D eigenvalue weighted by atomic mass is 9.94. The number of amides is 3. The van der Waals surface area contributed by atoms with E-state index in [4.69, 9.17) is 0 Å². The van der Waals surface area contributed by atoms with E-state index < -0.39 is 0 Å². The smallest absolute Gasteiger partial charge is 0.254 e. The van der Waals surface area contributed by atoms with E-state index in [0.717, 1.165) is 24.0 Å². The molecule has 2 bridgehead atoms. The minimum atomic E-state index is -0.276. The molecular weight excluding hydrogens is 383 g/mol. The number of nitrogens with zero attached hydrogens (tertiary/aromatic N) is 2. The van der Waals surface area contributed by atoms with Gasteiger partial charge in [0, 0.05) is 36.5 Å². The molecule has 0 radical (unpaired) electrons. The van der Waals surface area contributed by atoms with Crippen LogP contribution in [0.3, 0.4) is 0 Å². The second-order valence-corrected chi connectivity index (χ2v) is 8.46. The van der Waals surface area contributed by atoms with Gasteiger partial charge in [0.25, 0.3) is 5.91 Å². The van der Waals surface area contributed by atoms with Gasteiger partial charge < -0.3 is 4.90 Å². The summed E-state index contributed by atoms with van der Waals surface area (Å²) in [4.78, 5) is 40.9. The second kappa shape index (κ2) is 7.35. The molecule has 0 aliphatic carbocycles. The minimum absolute atomic E-state index is 0.00526. The third-order valence-electron chi connectivity index (χ3n) is 6.71. The average molecular weight is 406 g/mol. The van der Waals surface area contributed by atoms with Gasteiger partial charge in [0.05, 0.1) is 0 Å². The summed E-state index contributed by atoms with van der Waals surface area (Å²) in [5, 5.41) is 0. The Labute approximate surface area is 174 Å². The van der Waals surface area contributed by atoms with Crippen LogP contribution in [-0.4, -0.2) is 45.6 Å². The summed E-state index contributed by atoms with van der Waals surface area (Å²) in [5.74, 6) is -0.409. The Morgan fingerprint density at radius 2 is 1.27 bits per heavy atom. The van der Waals surface area contributed by atoms with E-state index in [2.05, 4.69) is 0 Å². The molecule has 3 heterocycles. The van der Waals surface area contributed by atoms with Gasteiger partial charge in [0.2, 0.25) is 11.8 Å². The third kappa shape index (κ3) is 3.20. The average Bonchev–Trinajstić information content (AvgIpc) is 3.23. The predicted molar refractivity (Wildman–Crippen MR) is 109 cm³/mol. The molecule has 3 aliphatic heterocycles. The molecule has 5 rings (SSSR count). The summed E-state index contributed by atoms with van der Waals surface area (Å²) in [7, 11) is 0. The molecule has 6 heteroatoms. The van der Waals surface area contributed by atoms with Crippen molar-refractivity contribution in [2.75, 3.05) is 0 Å². The molecule has 3 aliphatic rings. The Hall–Kier alpha value is -3.02. The largest absolute Gasteiger partial charge is 0.333 e. The molecule has 154 valence electrons. The molecule has 0 N–H and O–H groups in total. The summed E-state index contributed by atoms with van der Waals surface area (Å²) < 4.78 is 13.1. The van der Waals surface area contributed by atoms with Crippen molar-refractivity contribution in [3.05, 3.63) is 59.9 Å². The number of likely N-dealkylation sites (tertiary alicyclic amines) is 1. The minimum Gasteiger partial charge on any atom is -0.333 e. The summed E-state index contributed by atoms with van der Waals surface area (Å²) in [5.41, 5.74) is 2.46. The number of benzene rings is 2. The number of imide groups is 1. The zero-order valence-electron chi connectivity index (χ0n) is 16.6. The summed E-state index contributed by atoms with van der Waals surface area (Å²) in [6, 6.07) is 13.8. The van der Waals surface area contributed by atoms with Crippen molar-refractivity contribution in [1.29, 1.82) is 0 Å². The number of hydrogen-bond acceptors (Lipinski definition) is 3. The van der Waals surface area contributed by atoms with E-state index in [9.17, 15) is 18.8 Å². The summed E-state index contributed by atoms with van der Waals surface area (Å²) in [6.45, 7) is 0. The monoisotopic (exact) mass is 406 g/mol. The fraction of sp³-hybridized carbons (Fsp3) is 0.375. The molecule has 3 fully saturated rings. The van der Waals surface area contributed by atoms with Crippen LogP contribution in [0.5, 0.6) is 0 Å². The lowest BCUT2D eigenvalue weighted by molar-refractivity contribution is -0.142. The van der Waals surface area contributed by atoms with Crippen LogP contribution in [0.25, 0.3) is 11.1 Å². The first-order valence-electron chi connectivity index (χ1n) is 10.5. The number of rotatable bonds is 3. The quantitative estimate of drug-likeness (QED) is 0.729. The van der Waals surface area contributed by atoms with Gasteiger partial charge >= 0.3 is 0 Å². The molecular formula is C24H23FN2O3. The normalized spacial score (nSPS) is 25.8. The van der Waals surface area contributed by atoms with Crippen molar-refractivity contribution in [2.45, 2.75) is 56.7 Å². The molecule has 2 unspecified atom stereocenters. The lowest BCUT2D eigenvalue weighted by Crippen LogP contribution is -2.53. The summed E-state index contributed by atoms with van der Waals surface area (Å²) >= 11 is 0. The highest BCUT2D eigenvalue weighted by atomic mass is 19.1. The van der Waals surface area contributed by atoms with Gasteiger partial charge in [-0.1, -0.05) is 24.3 Å². The second-order valence-electron chi connectivity index (χ2n) is 8.46. The fourth-order valence-corrected chi connectivity index (χ4v) is 5.29. The van der Waals surface area contributed by atoms with Gasteiger partial charge in [-0.2, -0.15) is 0 Å². The molecule has 2 aromatic carbocycles. The van der Waals surface area contributed by atoms with E-state index in [0.29, 0.717) is 31.2 Å². The highest BCUT2D eigenvalue weighted by Gasteiger charge is 2.47. The Morgan fingerprint density at radius 3 is 1.80 bits per heavy atom. The molecule has 0 aromatic heterocycles. The predicted octanol–water partition coefficient (Wildman–Crippen LogP) is 3.78. The van der Waals surface area contributed by atoms with Crippen LogP contribution in [0.1, 0.15) is 48.9 Å². The topological polar surface area (TPSA) is 57.7 Å². The maximum atomic E-state index is 13.2. The van der Waals surface area contributed by atoms with Crippen LogP contribution in [-0.2, 0) is 9.59 Å². The Kier molecular flexibility index (Phi) is 4.65. The highest BCUT2D eigenvalue weighted by molar-refractivity contribution is 6.02. The molecule has 30 heavy (non-hydrogen) atoms. The van der Waals surface area contributed by atoms with Crippen molar-refractivity contribution < 1.29 is 18.8 Å². The number of fused-ring (bicyclic) bond motifs is 2. The molecule has 3 saturated heterocycles. The standard InChI is InChI=1S/C24H23FN2O3/c25-18-7-5-16(6-8-18)15-1-3-17(4-2-15)24(30)26-19-9-10-20(26)14-21(13-19)27-22(28)11-12-23(27)29/h1-8,19-21H,9-14H2. The highest BCUT2D eigenvalue weighted by Crippen LogP contribution is 2.39. The van der Waals surface area contributed by atoms with Crippen LogP contribution in [0.2, 0.25) is 0 Å². The molecule has 0 spiro atoms. The SMILES string of the molecule is O=C1CCC(=O)N1C1CC2CCC(C1)N2C(=O)c1ccc(-c2ccc(F)cc2)cc1. The number of hydrogen-bond donors (Lipinski definition) is 0. The third-order valence-corrected chi connectivity index (χ3v) is 6.71. The van der Waals surface area contributed by atoms with Gasteiger partial charge in [-0.15, -0.1) is 0 Å². The first-order valence-corrected chi connectivity index (χ1v) is 10.5. The van der Waals surface area contributed by atoms with Gasteiger partial charge in [-0.3, -0.25) is 19.3 Å². The number of carbonyl (C=O) groups excluding carboxylic acids is 3. The zero-order chi connectivity index (χ0) is 20.8. The first-order chi connectivity index (χ1) is 14.5. The summed E-state index contributed by atoms with van der Waals surface area (Å²) in [6.07, 6.45) is 3.80. The van der Waals surface area contributed by atoms with Crippen molar-refractivity contribution in [1.82, 2.24) is 9.80 Å². The molecule has 2 atom stereocenters. The van der Waals surface area contributed by atoms with Crippen LogP contribution in [0.15, 0.2) is 48.5 Å². The molecule has 5 nitrogen and oxygen atoms in total. The Bertz CT molecular complexity index is 972. The first kappa shape index (κ1) is 19.0. The van der Waals surface area contributed by atoms with Crippen molar-refractivity contribution in [3.63, 3.8) is 0 Å². The van der Waals surface area contributed by atoms with Crippen LogP contribution in [0, 0.1) is 5.82 Å². The van der Waals surface area contributed by atoms with Crippen molar-refractivity contribution >= 4 is 17.7 Å². The van der Waals surface area contributed by atoms with E-state index in [1.165, 1.54) is 17.0 Å². The number of carbonyl (C=O) groups is 3. The van der Waals surface area contributed by atoms with Crippen molar-refractivity contribution in [3.8, 4) is 11.1 Å². The van der Waals surface area contributed by atoms with Gasteiger partial charge in [-0.05, 0) is 61.1 Å². The molecule has 3 amide bonds. The Balaban J connectivity index is 1.32. The van der Waals surface area contributed by atoms with E-state index in [1.807, 2.05) is 29.2 Å². The van der Waals surface area contributed by atoms with E-state index in [1.54, 1.807) is 12.1 Å². The zero-order valence-corrected chi connectivity index (χ0v) is 16.6. The van der Waals surface area contributed by atoms with Crippen LogP contribution < -0.4 is 0 Å². The maximum Gasteiger partial charge on any atom is 0.254 e. The van der Waals surface area contributed by atoms with Gasteiger partial charge in [0.15, 0.2) is 0 Å². The van der Waals surface area contributed by atoms with Crippen LogP contribution in [0.4, 0.5) is 4.39 Å². The lowest BCUT2D eigenvalue weighted by Gasteiger charge is -2.41. The Morgan fingerprint density at radius 1 is 0.767 bits per heavy atom. The fourth-order valence-electron chi connectivity index (χ4n) is 5.29. The number of piperidine rings is 1. The van der Waals surface area contributed by atoms with Gasteiger partial charge in [0.1, 0.15) is 5.82 Å². The van der Waals surface area contributed by atoms with Crippen molar-refractivity contribution in [2.24, 2.45) is 0 Å².